The molecule has 21 heavy (non-hydrogen) atoms. The van der Waals surface area contributed by atoms with Crippen molar-refractivity contribution in [2.24, 2.45) is 0 Å². The monoisotopic (exact) mass is 280 g/mol. The number of nitriles is 1. The quantitative estimate of drug-likeness (QED) is 0.867. The molecule has 1 saturated heterocycles. The Kier molecular flexibility index (Phi) is 3.76. The van der Waals surface area contributed by atoms with Crippen molar-refractivity contribution in [3.63, 3.8) is 0 Å². The summed E-state index contributed by atoms with van der Waals surface area (Å²) in [6.45, 7) is 1.98. The van der Waals surface area contributed by atoms with Crippen LogP contribution < -0.4 is 4.90 Å². The lowest BCUT2D eigenvalue weighted by atomic mass is 10.1. The second kappa shape index (κ2) is 5.71. The largest absolute Gasteiger partial charge is 0.351 e. The molecule has 1 atom stereocenters. The number of nitrogens with zero attached hydrogens (tertiary/aromatic N) is 4. The van der Waals surface area contributed by atoms with E-state index in [4.69, 9.17) is 4.98 Å². The van der Waals surface area contributed by atoms with E-state index < -0.39 is 0 Å². The molecule has 2 aromatic rings. The van der Waals surface area contributed by atoms with Gasteiger partial charge in [-0.05, 0) is 39.1 Å². The van der Waals surface area contributed by atoms with Gasteiger partial charge in [-0.15, -0.1) is 0 Å². The highest BCUT2D eigenvalue weighted by atomic mass is 15.3. The van der Waals surface area contributed by atoms with E-state index in [1.54, 1.807) is 0 Å². The second-order valence-corrected chi connectivity index (χ2v) is 5.92. The smallest absolute Gasteiger partial charge is 0.147 e. The molecule has 0 saturated carbocycles. The van der Waals surface area contributed by atoms with Crippen molar-refractivity contribution in [3.05, 3.63) is 35.9 Å². The molecular formula is C17H20N4. The van der Waals surface area contributed by atoms with Crippen LogP contribution in [0.25, 0.3) is 10.9 Å². The Labute approximate surface area is 125 Å². The summed E-state index contributed by atoms with van der Waals surface area (Å²) in [5.74, 6) is 0.848. The van der Waals surface area contributed by atoms with Crippen LogP contribution in [-0.2, 0) is 0 Å². The molecule has 0 aliphatic carbocycles. The van der Waals surface area contributed by atoms with Crippen LogP contribution in [0.15, 0.2) is 30.3 Å². The molecule has 1 fully saturated rings. The number of hydrogen-bond acceptors (Lipinski definition) is 4. The minimum Gasteiger partial charge on any atom is -0.351 e. The molecule has 1 unspecified atom stereocenters. The average molecular weight is 280 g/mol. The summed E-state index contributed by atoms with van der Waals surface area (Å²) in [4.78, 5) is 9.29. The Morgan fingerprint density at radius 1 is 1.38 bits per heavy atom. The molecule has 108 valence electrons. The highest BCUT2D eigenvalue weighted by molar-refractivity contribution is 5.83. The van der Waals surface area contributed by atoms with Gasteiger partial charge in [0.15, 0.2) is 0 Å². The Bertz CT molecular complexity index is 687. The number of pyridine rings is 1. The van der Waals surface area contributed by atoms with Crippen molar-refractivity contribution in [3.8, 4) is 6.07 Å². The van der Waals surface area contributed by atoms with E-state index in [0.717, 1.165) is 42.7 Å². The molecule has 0 radical (unpaired) electrons. The summed E-state index contributed by atoms with van der Waals surface area (Å²) in [7, 11) is 4.19. The topological polar surface area (TPSA) is 43.2 Å². The molecule has 0 spiro atoms. The molecule has 4 nitrogen and oxygen atoms in total. The lowest BCUT2D eigenvalue weighted by molar-refractivity contribution is 0.371. The van der Waals surface area contributed by atoms with E-state index in [1.165, 1.54) is 0 Å². The molecule has 1 aliphatic rings. The molecule has 0 amide bonds. The zero-order valence-corrected chi connectivity index (χ0v) is 12.6. The Hall–Kier alpha value is -2.12. The molecule has 1 aliphatic heterocycles. The van der Waals surface area contributed by atoms with E-state index in [1.807, 2.05) is 30.3 Å². The maximum atomic E-state index is 9.48. The van der Waals surface area contributed by atoms with Crippen LogP contribution in [0, 0.1) is 11.3 Å². The van der Waals surface area contributed by atoms with Crippen molar-refractivity contribution in [2.75, 3.05) is 32.1 Å². The van der Waals surface area contributed by atoms with Crippen LogP contribution in [0.3, 0.4) is 0 Å². The van der Waals surface area contributed by atoms with Gasteiger partial charge in [-0.25, -0.2) is 4.98 Å². The minimum absolute atomic E-state index is 0.445. The Balaban J connectivity index is 2.04. The number of para-hydroxylation sites is 1. The summed E-state index contributed by atoms with van der Waals surface area (Å²) < 4.78 is 0. The van der Waals surface area contributed by atoms with Gasteiger partial charge in [0.25, 0.3) is 0 Å². The standard InChI is InChI=1S/C17H20N4/c1-20(2)12-15-7-5-9-21(15)17-14(11-18)10-13-6-3-4-8-16(13)19-17/h3-4,6,8,10,15H,5,7,9,12H2,1-2H3. The fourth-order valence-electron chi connectivity index (χ4n) is 3.13. The first kappa shape index (κ1) is 13.8. The molecular weight excluding hydrogens is 260 g/mol. The van der Waals surface area contributed by atoms with Crippen molar-refractivity contribution in [1.82, 2.24) is 9.88 Å². The number of rotatable bonds is 3. The van der Waals surface area contributed by atoms with Gasteiger partial charge in [0.05, 0.1) is 11.1 Å². The lowest BCUT2D eigenvalue weighted by Crippen LogP contribution is -2.38. The first-order valence-corrected chi connectivity index (χ1v) is 7.40. The number of aromatic nitrogens is 1. The molecule has 3 rings (SSSR count). The van der Waals surface area contributed by atoms with Crippen LogP contribution >= 0.6 is 0 Å². The second-order valence-electron chi connectivity index (χ2n) is 5.92. The maximum Gasteiger partial charge on any atom is 0.147 e. The lowest BCUT2D eigenvalue weighted by Gasteiger charge is -2.28. The fourth-order valence-corrected chi connectivity index (χ4v) is 3.13. The van der Waals surface area contributed by atoms with Crippen LogP contribution in [0.1, 0.15) is 18.4 Å². The SMILES string of the molecule is CN(C)CC1CCCN1c1nc2ccccc2cc1C#N. The zero-order chi connectivity index (χ0) is 14.8. The minimum atomic E-state index is 0.445. The van der Waals surface area contributed by atoms with Crippen molar-refractivity contribution < 1.29 is 0 Å². The van der Waals surface area contributed by atoms with Crippen LogP contribution in [0.2, 0.25) is 0 Å². The van der Waals surface area contributed by atoms with Gasteiger partial charge in [-0.1, -0.05) is 18.2 Å². The number of fused-ring (bicyclic) bond motifs is 1. The van der Waals surface area contributed by atoms with Gasteiger partial charge in [0.2, 0.25) is 0 Å². The van der Waals surface area contributed by atoms with Gasteiger partial charge in [0, 0.05) is 24.5 Å². The van der Waals surface area contributed by atoms with E-state index in [0.29, 0.717) is 11.6 Å². The Morgan fingerprint density at radius 2 is 2.19 bits per heavy atom. The summed E-state index contributed by atoms with van der Waals surface area (Å²) in [6, 6.07) is 12.7. The molecule has 1 aromatic carbocycles. The van der Waals surface area contributed by atoms with Gasteiger partial charge in [-0.2, -0.15) is 5.26 Å². The van der Waals surface area contributed by atoms with E-state index >= 15 is 0 Å². The summed E-state index contributed by atoms with van der Waals surface area (Å²) >= 11 is 0. The van der Waals surface area contributed by atoms with Crippen LogP contribution in [-0.4, -0.2) is 43.1 Å². The summed E-state index contributed by atoms with van der Waals surface area (Å²) in [6.07, 6.45) is 2.33. The molecule has 1 aromatic heterocycles. The fraction of sp³-hybridized carbons (Fsp3) is 0.412. The van der Waals surface area contributed by atoms with E-state index in [9.17, 15) is 5.26 Å². The van der Waals surface area contributed by atoms with Gasteiger partial charge in [0.1, 0.15) is 11.9 Å². The van der Waals surface area contributed by atoms with Crippen LogP contribution in [0.5, 0.6) is 0 Å². The first-order valence-electron chi connectivity index (χ1n) is 7.40. The van der Waals surface area contributed by atoms with Crippen molar-refractivity contribution in [1.29, 1.82) is 5.26 Å². The number of likely N-dealkylation sites (N-methyl/N-ethyl adjacent to an activating group) is 1. The maximum absolute atomic E-state index is 9.48. The predicted octanol–water partition coefficient (Wildman–Crippen LogP) is 2.64. The average Bonchev–Trinajstić information content (AvgIpc) is 2.93. The van der Waals surface area contributed by atoms with Gasteiger partial charge < -0.3 is 9.80 Å². The number of anilines is 1. The van der Waals surface area contributed by atoms with Gasteiger partial charge >= 0.3 is 0 Å². The highest BCUT2D eigenvalue weighted by Crippen LogP contribution is 2.29. The summed E-state index contributed by atoms with van der Waals surface area (Å²) in [5.41, 5.74) is 1.64. The third-order valence-electron chi connectivity index (χ3n) is 4.05. The molecule has 4 heteroatoms. The van der Waals surface area contributed by atoms with E-state index in [-0.39, 0.29) is 0 Å². The van der Waals surface area contributed by atoms with Crippen molar-refractivity contribution in [2.45, 2.75) is 18.9 Å². The third kappa shape index (κ3) is 2.70. The third-order valence-corrected chi connectivity index (χ3v) is 4.05. The predicted molar refractivity (Wildman–Crippen MR) is 85.4 cm³/mol. The van der Waals surface area contributed by atoms with E-state index in [2.05, 4.69) is 30.0 Å². The first-order chi connectivity index (χ1) is 10.2. The van der Waals surface area contributed by atoms with Gasteiger partial charge in [-0.3, -0.25) is 0 Å². The highest BCUT2D eigenvalue weighted by Gasteiger charge is 2.28. The molecule has 2 heterocycles. The zero-order valence-electron chi connectivity index (χ0n) is 12.6. The number of benzene rings is 1. The van der Waals surface area contributed by atoms with Crippen LogP contribution in [0.4, 0.5) is 5.82 Å². The molecule has 0 bridgehead atoms. The Morgan fingerprint density at radius 3 is 2.95 bits per heavy atom. The molecule has 0 N–H and O–H groups in total. The number of hydrogen-bond donors (Lipinski definition) is 0. The van der Waals surface area contributed by atoms with Crippen molar-refractivity contribution >= 4 is 16.7 Å². The summed E-state index contributed by atoms with van der Waals surface area (Å²) in [5, 5.41) is 10.5. The normalized spacial score (nSPS) is 18.4.